The minimum atomic E-state index is -1.09. The van der Waals surface area contributed by atoms with E-state index in [0.717, 1.165) is 16.3 Å². The molecule has 8 nitrogen and oxygen atoms in total. The molecular formula is C16H17N5O3. The topological polar surface area (TPSA) is 136 Å². The molecule has 0 fully saturated rings. The highest BCUT2D eigenvalue weighted by molar-refractivity contribution is 6.10. The molecule has 0 bridgehead atoms. The molecule has 0 spiro atoms. The first kappa shape index (κ1) is 15.6. The van der Waals surface area contributed by atoms with Crippen LogP contribution < -0.4 is 16.8 Å². The number of aromatic nitrogens is 2. The summed E-state index contributed by atoms with van der Waals surface area (Å²) < 4.78 is 1.88. The van der Waals surface area contributed by atoms with Crippen molar-refractivity contribution in [3.8, 4) is 0 Å². The van der Waals surface area contributed by atoms with Gasteiger partial charge in [0.1, 0.15) is 11.5 Å². The predicted molar refractivity (Wildman–Crippen MR) is 90.8 cm³/mol. The molecular weight excluding hydrogens is 310 g/mol. The minimum Gasteiger partial charge on any atom is -0.465 e. The van der Waals surface area contributed by atoms with Gasteiger partial charge in [-0.15, -0.1) is 0 Å². The van der Waals surface area contributed by atoms with E-state index in [0.29, 0.717) is 12.2 Å². The van der Waals surface area contributed by atoms with Crippen LogP contribution in [0.5, 0.6) is 0 Å². The largest absolute Gasteiger partial charge is 0.465 e. The molecule has 3 aromatic rings. The summed E-state index contributed by atoms with van der Waals surface area (Å²) in [7, 11) is 0. The quantitative estimate of drug-likeness (QED) is 0.576. The van der Waals surface area contributed by atoms with E-state index in [2.05, 4.69) is 10.3 Å². The van der Waals surface area contributed by atoms with Gasteiger partial charge in [-0.25, -0.2) is 9.78 Å². The lowest BCUT2D eigenvalue weighted by atomic mass is 10.1. The molecule has 6 N–H and O–H groups in total. The summed E-state index contributed by atoms with van der Waals surface area (Å²) >= 11 is 0. The SMILES string of the molecule is C[C@H](Cn1c2ccccc2c2cc(C(N)=O)c(N)nc21)NC(=O)O. The van der Waals surface area contributed by atoms with Crippen LogP contribution in [0.2, 0.25) is 0 Å². The van der Waals surface area contributed by atoms with Gasteiger partial charge >= 0.3 is 6.09 Å². The summed E-state index contributed by atoms with van der Waals surface area (Å²) in [5, 5.41) is 12.9. The number of amides is 2. The Hall–Kier alpha value is -3.29. The maximum Gasteiger partial charge on any atom is 0.404 e. The zero-order chi connectivity index (χ0) is 17.4. The Morgan fingerprint density at radius 2 is 2.04 bits per heavy atom. The van der Waals surface area contributed by atoms with Gasteiger partial charge in [0, 0.05) is 23.4 Å². The molecule has 0 aliphatic rings. The fourth-order valence-electron chi connectivity index (χ4n) is 2.88. The number of primary amides is 1. The van der Waals surface area contributed by atoms with E-state index in [1.165, 1.54) is 0 Å². The van der Waals surface area contributed by atoms with Crippen molar-refractivity contribution in [2.75, 3.05) is 5.73 Å². The Bertz CT molecular complexity index is 963. The zero-order valence-electron chi connectivity index (χ0n) is 13.0. The maximum absolute atomic E-state index is 11.5. The third kappa shape index (κ3) is 2.58. The van der Waals surface area contributed by atoms with Gasteiger partial charge in [-0.2, -0.15) is 0 Å². The number of anilines is 1. The fourth-order valence-corrected chi connectivity index (χ4v) is 2.88. The van der Waals surface area contributed by atoms with Crippen LogP contribution in [0.4, 0.5) is 10.6 Å². The number of pyridine rings is 1. The van der Waals surface area contributed by atoms with Crippen LogP contribution in [0.25, 0.3) is 21.9 Å². The van der Waals surface area contributed by atoms with E-state index in [1.807, 2.05) is 28.8 Å². The molecule has 0 unspecified atom stereocenters. The number of carbonyl (C=O) groups is 2. The number of hydrogen-bond acceptors (Lipinski definition) is 4. The van der Waals surface area contributed by atoms with Gasteiger partial charge in [-0.3, -0.25) is 4.79 Å². The molecule has 2 aromatic heterocycles. The minimum absolute atomic E-state index is 0.0536. The van der Waals surface area contributed by atoms with Crippen molar-refractivity contribution >= 4 is 39.8 Å². The molecule has 8 heteroatoms. The summed E-state index contributed by atoms with van der Waals surface area (Å²) in [6, 6.07) is 8.88. The van der Waals surface area contributed by atoms with Crippen molar-refractivity contribution in [1.82, 2.24) is 14.9 Å². The Morgan fingerprint density at radius 1 is 1.33 bits per heavy atom. The third-order valence-electron chi connectivity index (χ3n) is 3.86. The van der Waals surface area contributed by atoms with Crippen LogP contribution in [-0.2, 0) is 6.54 Å². The Labute approximate surface area is 137 Å². The van der Waals surface area contributed by atoms with Gasteiger partial charge in [0.25, 0.3) is 5.91 Å². The van der Waals surface area contributed by atoms with Gasteiger partial charge in [-0.1, -0.05) is 18.2 Å². The number of benzene rings is 1. The van der Waals surface area contributed by atoms with Crippen molar-refractivity contribution < 1.29 is 14.7 Å². The van der Waals surface area contributed by atoms with Crippen LogP contribution in [0, 0.1) is 0 Å². The van der Waals surface area contributed by atoms with Crippen LogP contribution in [0.1, 0.15) is 17.3 Å². The van der Waals surface area contributed by atoms with Crippen LogP contribution in [0.15, 0.2) is 30.3 Å². The normalized spacial score (nSPS) is 12.4. The zero-order valence-corrected chi connectivity index (χ0v) is 13.0. The van der Waals surface area contributed by atoms with Crippen LogP contribution >= 0.6 is 0 Å². The molecule has 124 valence electrons. The van der Waals surface area contributed by atoms with E-state index < -0.39 is 12.0 Å². The Morgan fingerprint density at radius 3 is 2.71 bits per heavy atom. The number of nitrogen functional groups attached to an aromatic ring is 1. The molecule has 0 radical (unpaired) electrons. The highest BCUT2D eigenvalue weighted by atomic mass is 16.4. The maximum atomic E-state index is 11.5. The van der Waals surface area contributed by atoms with Crippen LogP contribution in [0.3, 0.4) is 0 Å². The lowest BCUT2D eigenvalue weighted by molar-refractivity contribution is 0.100. The van der Waals surface area contributed by atoms with Gasteiger partial charge in [0.15, 0.2) is 0 Å². The van der Waals surface area contributed by atoms with E-state index in [1.54, 1.807) is 13.0 Å². The molecule has 0 aliphatic heterocycles. The van der Waals surface area contributed by atoms with Crippen molar-refractivity contribution in [2.24, 2.45) is 5.73 Å². The monoisotopic (exact) mass is 327 g/mol. The number of para-hydroxylation sites is 1. The van der Waals surface area contributed by atoms with Crippen molar-refractivity contribution in [1.29, 1.82) is 0 Å². The number of hydrogen-bond donors (Lipinski definition) is 4. The number of fused-ring (bicyclic) bond motifs is 3. The average molecular weight is 327 g/mol. The van der Waals surface area contributed by atoms with Crippen LogP contribution in [-0.4, -0.2) is 32.7 Å². The van der Waals surface area contributed by atoms with E-state index in [-0.39, 0.29) is 17.4 Å². The second-order valence-corrected chi connectivity index (χ2v) is 5.63. The number of rotatable bonds is 4. The lowest BCUT2D eigenvalue weighted by Crippen LogP contribution is -2.34. The molecule has 2 heterocycles. The van der Waals surface area contributed by atoms with Crippen molar-refractivity contribution in [3.63, 3.8) is 0 Å². The summed E-state index contributed by atoms with van der Waals surface area (Å²) in [6.07, 6.45) is -1.09. The summed E-state index contributed by atoms with van der Waals surface area (Å²) in [4.78, 5) is 26.7. The number of nitrogens with two attached hydrogens (primary N) is 2. The number of nitrogens with one attached hydrogen (secondary N) is 1. The first-order valence-electron chi connectivity index (χ1n) is 7.35. The summed E-state index contributed by atoms with van der Waals surface area (Å²) in [5.74, 6) is -0.586. The fraction of sp³-hybridized carbons (Fsp3) is 0.188. The first-order valence-corrected chi connectivity index (χ1v) is 7.35. The van der Waals surface area contributed by atoms with Gasteiger partial charge < -0.3 is 26.5 Å². The second-order valence-electron chi connectivity index (χ2n) is 5.63. The highest BCUT2D eigenvalue weighted by Gasteiger charge is 2.18. The molecule has 0 aliphatic carbocycles. The predicted octanol–water partition coefficient (Wildman–Crippen LogP) is 1.53. The molecule has 24 heavy (non-hydrogen) atoms. The standard InChI is InChI=1S/C16H17N5O3/c1-8(19-16(23)24)7-21-12-5-3-2-4-9(12)10-6-11(14(18)22)13(17)20-15(10)21/h2-6,8,19H,7H2,1H3,(H2,17,20)(H2,18,22)(H,23,24)/t8-/m1/s1. The summed E-state index contributed by atoms with van der Waals surface area (Å²) in [5.41, 5.74) is 12.8. The molecule has 0 saturated heterocycles. The summed E-state index contributed by atoms with van der Waals surface area (Å²) in [6.45, 7) is 2.13. The number of nitrogens with zero attached hydrogens (tertiary/aromatic N) is 2. The molecule has 2 amide bonds. The molecule has 0 saturated carbocycles. The third-order valence-corrected chi connectivity index (χ3v) is 3.86. The molecule has 1 aromatic carbocycles. The average Bonchev–Trinajstić information content (AvgIpc) is 2.79. The number of carboxylic acid groups (broad SMARTS) is 1. The van der Waals surface area contributed by atoms with E-state index in [4.69, 9.17) is 16.6 Å². The van der Waals surface area contributed by atoms with E-state index >= 15 is 0 Å². The van der Waals surface area contributed by atoms with Crippen molar-refractivity contribution in [2.45, 2.75) is 19.5 Å². The molecule has 1 atom stereocenters. The molecule has 3 rings (SSSR count). The van der Waals surface area contributed by atoms with Gasteiger partial charge in [0.05, 0.1) is 11.1 Å². The Balaban J connectivity index is 2.24. The van der Waals surface area contributed by atoms with Gasteiger partial charge in [0.2, 0.25) is 0 Å². The first-order chi connectivity index (χ1) is 11.4. The smallest absolute Gasteiger partial charge is 0.404 e. The number of carbonyl (C=O) groups excluding carboxylic acids is 1. The highest BCUT2D eigenvalue weighted by Crippen LogP contribution is 2.30. The van der Waals surface area contributed by atoms with Gasteiger partial charge in [-0.05, 0) is 19.1 Å². The second kappa shape index (κ2) is 5.73. The lowest BCUT2D eigenvalue weighted by Gasteiger charge is -2.14. The van der Waals surface area contributed by atoms with Crippen molar-refractivity contribution in [3.05, 3.63) is 35.9 Å². The Kier molecular flexibility index (Phi) is 3.72. The van der Waals surface area contributed by atoms with E-state index in [9.17, 15) is 9.59 Å².